The number of methoxy groups -OCH3 is 2. The van der Waals surface area contributed by atoms with Crippen LogP contribution in [0.25, 0.3) is 5.76 Å². The number of aliphatic hydroxyl groups excluding tert-OH is 1. The van der Waals surface area contributed by atoms with E-state index in [0.717, 1.165) is 13.1 Å². The Hall–Kier alpha value is -3.56. The van der Waals surface area contributed by atoms with Crippen LogP contribution in [0.2, 0.25) is 0 Å². The van der Waals surface area contributed by atoms with Crippen LogP contribution in [0.4, 0.5) is 0 Å². The maximum atomic E-state index is 13.3. The van der Waals surface area contributed by atoms with Crippen molar-refractivity contribution in [3.63, 3.8) is 0 Å². The first-order valence-corrected chi connectivity index (χ1v) is 12.0. The van der Waals surface area contributed by atoms with Crippen molar-refractivity contribution in [1.29, 1.82) is 0 Å². The minimum absolute atomic E-state index is 0.0401. The second kappa shape index (κ2) is 11.5. The number of nitrogens with zero attached hydrogens (tertiary/aromatic N) is 2. The maximum Gasteiger partial charge on any atom is 0.295 e. The van der Waals surface area contributed by atoms with Crippen LogP contribution in [0.15, 0.2) is 48.0 Å². The van der Waals surface area contributed by atoms with Crippen molar-refractivity contribution >= 4 is 17.4 Å². The molecule has 0 bridgehead atoms. The van der Waals surface area contributed by atoms with Gasteiger partial charge in [0.05, 0.1) is 45.7 Å². The van der Waals surface area contributed by atoms with Crippen LogP contribution in [0, 0.1) is 0 Å². The van der Waals surface area contributed by atoms with Gasteiger partial charge in [-0.2, -0.15) is 0 Å². The fourth-order valence-electron chi connectivity index (χ4n) is 4.58. The Bertz CT molecular complexity index is 1120. The fraction of sp³-hybridized carbons (Fsp3) is 0.407. The van der Waals surface area contributed by atoms with Gasteiger partial charge in [-0.1, -0.05) is 12.1 Å². The number of ether oxygens (including phenoxy) is 4. The van der Waals surface area contributed by atoms with Crippen LogP contribution in [-0.2, 0) is 14.3 Å². The molecule has 2 heterocycles. The third kappa shape index (κ3) is 5.17. The molecule has 9 nitrogen and oxygen atoms in total. The minimum atomic E-state index is -0.741. The van der Waals surface area contributed by atoms with E-state index in [1.54, 1.807) is 35.2 Å². The van der Waals surface area contributed by atoms with Gasteiger partial charge in [-0.3, -0.25) is 14.5 Å². The highest BCUT2D eigenvalue weighted by atomic mass is 16.5. The number of carbonyl (C=O) groups is 2. The van der Waals surface area contributed by atoms with Gasteiger partial charge in [0.1, 0.15) is 11.5 Å². The number of rotatable bonds is 9. The number of aliphatic hydroxyl groups is 1. The molecule has 36 heavy (non-hydrogen) atoms. The van der Waals surface area contributed by atoms with Crippen molar-refractivity contribution in [1.82, 2.24) is 9.80 Å². The first-order chi connectivity index (χ1) is 17.5. The first-order valence-electron chi connectivity index (χ1n) is 12.0. The Balaban J connectivity index is 1.75. The van der Waals surface area contributed by atoms with Gasteiger partial charge in [0.15, 0.2) is 11.5 Å². The molecule has 1 atom stereocenters. The molecule has 0 spiro atoms. The molecule has 0 unspecified atom stereocenters. The highest BCUT2D eigenvalue weighted by Gasteiger charge is 2.46. The lowest BCUT2D eigenvalue weighted by Crippen LogP contribution is -2.42. The lowest BCUT2D eigenvalue weighted by atomic mass is 9.95. The molecule has 4 rings (SSSR count). The zero-order valence-corrected chi connectivity index (χ0v) is 20.9. The Kier molecular flexibility index (Phi) is 8.12. The average molecular weight is 497 g/mol. The molecule has 2 aliphatic rings. The van der Waals surface area contributed by atoms with Crippen molar-refractivity contribution in [2.24, 2.45) is 0 Å². The third-order valence-corrected chi connectivity index (χ3v) is 6.46. The van der Waals surface area contributed by atoms with E-state index in [0.29, 0.717) is 61.3 Å². The topological polar surface area (TPSA) is 97.8 Å². The van der Waals surface area contributed by atoms with Crippen molar-refractivity contribution in [2.45, 2.75) is 13.0 Å². The molecule has 0 aromatic heterocycles. The van der Waals surface area contributed by atoms with Gasteiger partial charge < -0.3 is 29.0 Å². The molecular weight excluding hydrogens is 464 g/mol. The number of Topliss-reactive ketones (excluding diaryl/α,β-unsaturated/α-hetero) is 1. The lowest BCUT2D eigenvalue weighted by Gasteiger charge is -2.31. The van der Waals surface area contributed by atoms with Gasteiger partial charge in [-0.05, 0) is 42.8 Å². The second-order valence-electron chi connectivity index (χ2n) is 8.52. The average Bonchev–Trinajstić information content (AvgIpc) is 3.17. The summed E-state index contributed by atoms with van der Waals surface area (Å²) in [6.45, 7) is 6.17. The predicted octanol–water partition coefficient (Wildman–Crippen LogP) is 2.86. The van der Waals surface area contributed by atoms with Gasteiger partial charge in [-0.15, -0.1) is 0 Å². The summed E-state index contributed by atoms with van der Waals surface area (Å²) in [6, 6.07) is 11.4. The summed E-state index contributed by atoms with van der Waals surface area (Å²) in [7, 11) is 3.01. The number of likely N-dealkylation sites (tertiary alicyclic amines) is 1. The molecule has 1 amide bonds. The normalized spacial score (nSPS) is 20.0. The van der Waals surface area contributed by atoms with E-state index in [4.69, 9.17) is 18.9 Å². The van der Waals surface area contributed by atoms with Gasteiger partial charge in [0.25, 0.3) is 11.7 Å². The van der Waals surface area contributed by atoms with E-state index in [-0.39, 0.29) is 11.3 Å². The highest BCUT2D eigenvalue weighted by molar-refractivity contribution is 6.46. The summed E-state index contributed by atoms with van der Waals surface area (Å²) >= 11 is 0. The molecule has 2 saturated heterocycles. The number of amides is 1. The van der Waals surface area contributed by atoms with Crippen LogP contribution in [-0.4, -0.2) is 86.8 Å². The minimum Gasteiger partial charge on any atom is -0.507 e. The standard InChI is InChI=1S/C27H32N2O7/c1-4-36-20-8-5-18(6-9-20)24-23(25(30)19-7-10-21(33-2)22(17-19)34-3)26(31)27(32)29(24)12-11-28-13-15-35-16-14-28/h5-10,17,24,30H,4,11-16H2,1-3H3/b25-23+/t24-/m0/s1. The Labute approximate surface area is 210 Å². The lowest BCUT2D eigenvalue weighted by molar-refractivity contribution is -0.140. The van der Waals surface area contributed by atoms with E-state index in [2.05, 4.69) is 4.90 Å². The predicted molar refractivity (Wildman–Crippen MR) is 133 cm³/mol. The maximum absolute atomic E-state index is 13.3. The summed E-state index contributed by atoms with van der Waals surface area (Å²) in [5.41, 5.74) is 1.11. The third-order valence-electron chi connectivity index (χ3n) is 6.46. The quantitative estimate of drug-likeness (QED) is 0.322. The molecule has 1 N–H and O–H groups in total. The Morgan fingerprint density at radius 1 is 1.00 bits per heavy atom. The molecule has 192 valence electrons. The largest absolute Gasteiger partial charge is 0.507 e. The number of morpholine rings is 1. The Morgan fingerprint density at radius 3 is 2.33 bits per heavy atom. The van der Waals surface area contributed by atoms with Crippen LogP contribution >= 0.6 is 0 Å². The summed E-state index contributed by atoms with van der Waals surface area (Å²) < 4.78 is 21.6. The number of hydrogen-bond acceptors (Lipinski definition) is 8. The zero-order valence-electron chi connectivity index (χ0n) is 20.9. The summed E-state index contributed by atoms with van der Waals surface area (Å²) in [5.74, 6) is -0.0374. The van der Waals surface area contributed by atoms with E-state index < -0.39 is 17.7 Å². The van der Waals surface area contributed by atoms with Crippen LogP contribution in [0.5, 0.6) is 17.2 Å². The molecule has 2 aliphatic heterocycles. The van der Waals surface area contributed by atoms with Crippen molar-refractivity contribution in [3.8, 4) is 17.2 Å². The van der Waals surface area contributed by atoms with Gasteiger partial charge in [0, 0.05) is 31.7 Å². The molecule has 2 aromatic carbocycles. The van der Waals surface area contributed by atoms with E-state index in [1.807, 2.05) is 19.1 Å². The number of ketones is 1. The van der Waals surface area contributed by atoms with Crippen molar-refractivity contribution in [3.05, 3.63) is 59.2 Å². The second-order valence-corrected chi connectivity index (χ2v) is 8.52. The molecule has 0 radical (unpaired) electrons. The van der Waals surface area contributed by atoms with Gasteiger partial charge in [-0.25, -0.2) is 0 Å². The van der Waals surface area contributed by atoms with E-state index in [9.17, 15) is 14.7 Å². The fourth-order valence-corrected chi connectivity index (χ4v) is 4.58. The number of benzene rings is 2. The molecule has 0 saturated carbocycles. The first kappa shape index (κ1) is 25.5. The number of carbonyl (C=O) groups excluding carboxylic acids is 2. The summed E-state index contributed by atoms with van der Waals surface area (Å²) in [6.07, 6.45) is 0. The van der Waals surface area contributed by atoms with E-state index >= 15 is 0 Å². The smallest absolute Gasteiger partial charge is 0.295 e. The van der Waals surface area contributed by atoms with Crippen LogP contribution in [0.3, 0.4) is 0 Å². The monoisotopic (exact) mass is 496 g/mol. The summed E-state index contributed by atoms with van der Waals surface area (Å²) in [4.78, 5) is 30.3. The highest BCUT2D eigenvalue weighted by Crippen LogP contribution is 2.41. The van der Waals surface area contributed by atoms with Gasteiger partial charge in [0.2, 0.25) is 0 Å². The molecule has 9 heteroatoms. The molecule has 0 aliphatic carbocycles. The summed E-state index contributed by atoms with van der Waals surface area (Å²) in [5, 5.41) is 11.3. The van der Waals surface area contributed by atoms with Crippen molar-refractivity contribution in [2.75, 3.05) is 60.2 Å². The van der Waals surface area contributed by atoms with Gasteiger partial charge >= 0.3 is 0 Å². The van der Waals surface area contributed by atoms with Crippen LogP contribution < -0.4 is 14.2 Å². The van der Waals surface area contributed by atoms with Crippen molar-refractivity contribution < 1.29 is 33.6 Å². The zero-order chi connectivity index (χ0) is 25.7. The molecule has 2 aromatic rings. The molecular formula is C27H32N2O7. The van der Waals surface area contributed by atoms with Crippen LogP contribution in [0.1, 0.15) is 24.1 Å². The van der Waals surface area contributed by atoms with E-state index in [1.165, 1.54) is 14.2 Å². The Morgan fingerprint density at radius 2 is 1.69 bits per heavy atom. The SMILES string of the molecule is CCOc1ccc([C@H]2/C(=C(\O)c3ccc(OC)c(OC)c3)C(=O)C(=O)N2CCN2CCOCC2)cc1. The number of hydrogen-bond donors (Lipinski definition) is 1. The molecule has 2 fully saturated rings.